The average molecular weight is 375 g/mol. The summed E-state index contributed by atoms with van der Waals surface area (Å²) < 4.78 is 1.70. The van der Waals surface area contributed by atoms with Crippen LogP contribution in [0.5, 0.6) is 0 Å². The summed E-state index contributed by atoms with van der Waals surface area (Å²) in [5.74, 6) is 1.94. The van der Waals surface area contributed by atoms with Gasteiger partial charge in [0.2, 0.25) is 0 Å². The van der Waals surface area contributed by atoms with Crippen LogP contribution in [-0.4, -0.2) is 30.2 Å². The second-order valence-electron chi connectivity index (χ2n) is 6.52. The number of hydrogen-bond donors (Lipinski definition) is 0. The fourth-order valence-electron chi connectivity index (χ4n) is 3.02. The molecular formula is C20H15ClN6. The predicted octanol–water partition coefficient (Wildman–Crippen LogP) is 4.32. The molecule has 27 heavy (non-hydrogen) atoms. The third kappa shape index (κ3) is 3.08. The number of hydrogen-bond acceptors (Lipinski definition) is 5. The third-order valence-corrected chi connectivity index (χ3v) is 4.83. The summed E-state index contributed by atoms with van der Waals surface area (Å²) in [7, 11) is 0. The number of para-hydroxylation sites is 1. The number of tetrazole rings is 1. The van der Waals surface area contributed by atoms with Crippen molar-refractivity contribution >= 4 is 11.6 Å². The Hall–Kier alpha value is -3.12. The van der Waals surface area contributed by atoms with E-state index in [0.29, 0.717) is 16.8 Å². The summed E-state index contributed by atoms with van der Waals surface area (Å²) >= 11 is 6.07. The van der Waals surface area contributed by atoms with Crippen molar-refractivity contribution in [3.8, 4) is 28.3 Å². The summed E-state index contributed by atoms with van der Waals surface area (Å²) in [5, 5.41) is 13.0. The first-order valence-corrected chi connectivity index (χ1v) is 9.14. The zero-order valence-electron chi connectivity index (χ0n) is 14.3. The monoisotopic (exact) mass is 374 g/mol. The number of rotatable bonds is 4. The maximum absolute atomic E-state index is 6.07. The van der Waals surface area contributed by atoms with Crippen molar-refractivity contribution in [3.05, 3.63) is 71.6 Å². The molecule has 2 aromatic heterocycles. The lowest BCUT2D eigenvalue weighted by atomic mass is 10.1. The Labute approximate surface area is 160 Å². The molecule has 7 heteroatoms. The van der Waals surface area contributed by atoms with Crippen LogP contribution in [0.25, 0.3) is 28.3 Å². The Morgan fingerprint density at radius 3 is 2.48 bits per heavy atom. The lowest BCUT2D eigenvalue weighted by Gasteiger charge is -2.11. The maximum Gasteiger partial charge on any atom is 0.190 e. The Kier molecular flexibility index (Phi) is 3.90. The van der Waals surface area contributed by atoms with Crippen LogP contribution in [0.2, 0.25) is 5.02 Å². The molecule has 1 saturated carbocycles. The molecule has 0 aliphatic heterocycles. The van der Waals surface area contributed by atoms with E-state index in [9.17, 15) is 0 Å². The minimum atomic E-state index is 0.454. The van der Waals surface area contributed by atoms with Gasteiger partial charge in [0, 0.05) is 22.7 Å². The molecule has 0 saturated heterocycles. The van der Waals surface area contributed by atoms with E-state index in [4.69, 9.17) is 16.6 Å². The van der Waals surface area contributed by atoms with Crippen molar-refractivity contribution in [2.75, 3.05) is 0 Å². The van der Waals surface area contributed by atoms with Gasteiger partial charge < -0.3 is 0 Å². The molecule has 132 valence electrons. The van der Waals surface area contributed by atoms with Crippen molar-refractivity contribution in [1.82, 2.24) is 30.2 Å². The Bertz CT molecular complexity index is 1090. The van der Waals surface area contributed by atoms with Gasteiger partial charge in [0.15, 0.2) is 5.82 Å². The first-order valence-electron chi connectivity index (χ1n) is 8.76. The van der Waals surface area contributed by atoms with E-state index >= 15 is 0 Å². The van der Waals surface area contributed by atoms with Crippen molar-refractivity contribution in [2.24, 2.45) is 0 Å². The van der Waals surface area contributed by atoms with Crippen molar-refractivity contribution in [3.63, 3.8) is 0 Å². The summed E-state index contributed by atoms with van der Waals surface area (Å²) in [4.78, 5) is 9.45. The summed E-state index contributed by atoms with van der Waals surface area (Å²) in [5.41, 5.74) is 3.44. The van der Waals surface area contributed by atoms with E-state index in [1.54, 1.807) is 4.68 Å². The van der Waals surface area contributed by atoms with Crippen LogP contribution in [0.1, 0.15) is 24.6 Å². The molecule has 2 heterocycles. The second-order valence-corrected chi connectivity index (χ2v) is 6.96. The topological polar surface area (TPSA) is 69.4 Å². The third-order valence-electron chi connectivity index (χ3n) is 4.58. The van der Waals surface area contributed by atoms with Gasteiger partial charge in [-0.05, 0) is 47.5 Å². The fraction of sp³-hybridized carbons (Fsp3) is 0.150. The maximum atomic E-state index is 6.07. The summed E-state index contributed by atoms with van der Waals surface area (Å²) in [6.07, 6.45) is 4.11. The summed E-state index contributed by atoms with van der Waals surface area (Å²) in [6.45, 7) is 0. The highest BCUT2D eigenvalue weighted by Crippen LogP contribution is 2.40. The zero-order valence-corrected chi connectivity index (χ0v) is 15.1. The van der Waals surface area contributed by atoms with E-state index in [1.807, 2.05) is 60.8 Å². The van der Waals surface area contributed by atoms with Gasteiger partial charge in [0.1, 0.15) is 5.82 Å². The first-order chi connectivity index (χ1) is 13.3. The van der Waals surface area contributed by atoms with E-state index in [1.165, 1.54) is 0 Å². The van der Waals surface area contributed by atoms with Crippen LogP contribution in [0.15, 0.2) is 60.8 Å². The molecule has 6 nitrogen and oxygen atoms in total. The van der Waals surface area contributed by atoms with Crippen LogP contribution in [0, 0.1) is 0 Å². The Balaban J connectivity index is 1.69. The Morgan fingerprint density at radius 2 is 1.74 bits per heavy atom. The molecule has 0 N–H and O–H groups in total. The average Bonchev–Trinajstić information content (AvgIpc) is 3.46. The minimum Gasteiger partial charge on any atom is -0.240 e. The van der Waals surface area contributed by atoms with Gasteiger partial charge in [-0.25, -0.2) is 9.97 Å². The van der Waals surface area contributed by atoms with Crippen molar-refractivity contribution in [1.29, 1.82) is 0 Å². The van der Waals surface area contributed by atoms with Gasteiger partial charge in [-0.15, -0.1) is 5.10 Å². The normalized spacial score (nSPS) is 13.7. The van der Waals surface area contributed by atoms with E-state index in [0.717, 1.165) is 41.2 Å². The van der Waals surface area contributed by atoms with Gasteiger partial charge in [-0.2, -0.15) is 4.68 Å². The molecule has 0 unspecified atom stereocenters. The van der Waals surface area contributed by atoms with Gasteiger partial charge in [0.25, 0.3) is 0 Å². The highest BCUT2D eigenvalue weighted by atomic mass is 35.5. The first kappa shape index (κ1) is 16.1. The fourth-order valence-corrected chi connectivity index (χ4v) is 3.15. The van der Waals surface area contributed by atoms with Crippen molar-refractivity contribution in [2.45, 2.75) is 18.8 Å². The number of halogens is 1. The van der Waals surface area contributed by atoms with E-state index < -0.39 is 0 Å². The van der Waals surface area contributed by atoms with E-state index in [-0.39, 0.29) is 0 Å². The second kappa shape index (κ2) is 6.55. The molecule has 0 atom stereocenters. The zero-order chi connectivity index (χ0) is 18.2. The van der Waals surface area contributed by atoms with Crippen LogP contribution in [-0.2, 0) is 0 Å². The molecule has 0 radical (unpaired) electrons. The Morgan fingerprint density at radius 1 is 0.963 bits per heavy atom. The highest BCUT2D eigenvalue weighted by Gasteiger charge is 2.28. The van der Waals surface area contributed by atoms with E-state index in [2.05, 4.69) is 20.5 Å². The SMILES string of the molecule is Clc1ccc(-c2nc(C3CC3)ncc2-c2nnnn2-c2ccccc2)cc1. The molecular weight excluding hydrogens is 360 g/mol. The molecule has 1 aliphatic rings. The molecule has 2 aromatic carbocycles. The van der Waals surface area contributed by atoms with Gasteiger partial charge in [-0.1, -0.05) is 41.9 Å². The highest BCUT2D eigenvalue weighted by molar-refractivity contribution is 6.30. The smallest absolute Gasteiger partial charge is 0.190 e. The molecule has 0 bridgehead atoms. The van der Waals surface area contributed by atoms with Gasteiger partial charge >= 0.3 is 0 Å². The molecule has 1 aliphatic carbocycles. The molecule has 1 fully saturated rings. The lowest BCUT2D eigenvalue weighted by molar-refractivity contribution is 0.791. The number of aromatic nitrogens is 6. The largest absolute Gasteiger partial charge is 0.240 e. The van der Waals surface area contributed by atoms with Crippen LogP contribution in [0.3, 0.4) is 0 Å². The predicted molar refractivity (Wildman–Crippen MR) is 103 cm³/mol. The standard InChI is InChI=1S/C20H15ClN6/c21-15-10-8-13(9-11-15)18-17(12-22-19(23-18)14-6-7-14)20-24-25-26-27(20)16-4-2-1-3-5-16/h1-5,8-12,14H,6-7H2. The van der Waals surface area contributed by atoms with Crippen molar-refractivity contribution < 1.29 is 0 Å². The number of nitrogens with zero attached hydrogens (tertiary/aromatic N) is 6. The van der Waals surface area contributed by atoms with Crippen LogP contribution < -0.4 is 0 Å². The lowest BCUT2D eigenvalue weighted by Crippen LogP contribution is -2.03. The van der Waals surface area contributed by atoms with Gasteiger partial charge in [-0.3, -0.25) is 0 Å². The summed E-state index contributed by atoms with van der Waals surface area (Å²) in [6, 6.07) is 17.4. The van der Waals surface area contributed by atoms with Gasteiger partial charge in [0.05, 0.1) is 16.9 Å². The van der Waals surface area contributed by atoms with Crippen LogP contribution >= 0.6 is 11.6 Å². The van der Waals surface area contributed by atoms with Crippen LogP contribution in [0.4, 0.5) is 0 Å². The molecule has 4 aromatic rings. The molecule has 0 spiro atoms. The quantitative estimate of drug-likeness (QED) is 0.532. The minimum absolute atomic E-state index is 0.454. The number of benzene rings is 2. The molecule has 5 rings (SSSR count). The molecule has 0 amide bonds.